The SMILES string of the molecule is CCN(c1cccc(C)c1)S(=O)(=O)CCCC(=O)O. The number of aryl methyl sites for hydroxylation is 1. The van der Waals surface area contributed by atoms with Gasteiger partial charge in [-0.2, -0.15) is 0 Å². The average Bonchev–Trinajstić information content (AvgIpc) is 2.28. The van der Waals surface area contributed by atoms with Gasteiger partial charge in [0.1, 0.15) is 0 Å². The molecule has 5 nitrogen and oxygen atoms in total. The second-order valence-corrected chi connectivity index (χ2v) is 6.33. The van der Waals surface area contributed by atoms with E-state index in [0.717, 1.165) is 5.56 Å². The van der Waals surface area contributed by atoms with Crippen LogP contribution in [0.5, 0.6) is 0 Å². The van der Waals surface area contributed by atoms with Crippen LogP contribution in [0.15, 0.2) is 24.3 Å². The first-order valence-corrected chi connectivity index (χ1v) is 7.76. The van der Waals surface area contributed by atoms with Crippen LogP contribution in [-0.2, 0) is 14.8 Å². The number of carboxylic acid groups (broad SMARTS) is 1. The molecule has 0 saturated carbocycles. The maximum absolute atomic E-state index is 12.2. The van der Waals surface area contributed by atoms with Gasteiger partial charge >= 0.3 is 5.97 Å². The highest BCUT2D eigenvalue weighted by molar-refractivity contribution is 7.92. The van der Waals surface area contributed by atoms with E-state index >= 15 is 0 Å². The summed E-state index contributed by atoms with van der Waals surface area (Å²) in [5.41, 5.74) is 1.61. The maximum Gasteiger partial charge on any atom is 0.303 e. The molecule has 0 aliphatic rings. The molecule has 1 aromatic carbocycles. The Balaban J connectivity index is 2.86. The lowest BCUT2D eigenvalue weighted by Crippen LogP contribution is -2.33. The molecule has 1 N–H and O–H groups in total. The fourth-order valence-electron chi connectivity index (χ4n) is 1.84. The van der Waals surface area contributed by atoms with Crippen LogP contribution in [0.3, 0.4) is 0 Å². The van der Waals surface area contributed by atoms with E-state index in [0.29, 0.717) is 12.2 Å². The molecule has 1 rings (SSSR count). The monoisotopic (exact) mass is 285 g/mol. The van der Waals surface area contributed by atoms with Crippen molar-refractivity contribution in [1.82, 2.24) is 0 Å². The van der Waals surface area contributed by atoms with Gasteiger partial charge in [0.2, 0.25) is 10.0 Å². The highest BCUT2D eigenvalue weighted by Gasteiger charge is 2.21. The van der Waals surface area contributed by atoms with E-state index < -0.39 is 16.0 Å². The zero-order valence-electron chi connectivity index (χ0n) is 11.2. The fraction of sp³-hybridized carbons (Fsp3) is 0.462. The Hall–Kier alpha value is -1.56. The molecule has 0 fully saturated rings. The minimum Gasteiger partial charge on any atom is -0.481 e. The minimum absolute atomic E-state index is 0.125. The van der Waals surface area contributed by atoms with Crippen LogP contribution in [0.25, 0.3) is 0 Å². The van der Waals surface area contributed by atoms with Gasteiger partial charge in [-0.15, -0.1) is 0 Å². The van der Waals surface area contributed by atoms with Crippen molar-refractivity contribution in [2.75, 3.05) is 16.6 Å². The lowest BCUT2D eigenvalue weighted by molar-refractivity contribution is -0.137. The average molecular weight is 285 g/mol. The standard InChI is InChI=1S/C13H19NO4S/c1-3-14(12-7-4-6-11(2)10-12)19(17,18)9-5-8-13(15)16/h4,6-7,10H,3,5,8-9H2,1-2H3,(H,15,16). The van der Waals surface area contributed by atoms with Gasteiger partial charge in [-0.05, 0) is 38.0 Å². The third kappa shape index (κ3) is 4.55. The summed E-state index contributed by atoms with van der Waals surface area (Å²) in [5, 5.41) is 8.55. The summed E-state index contributed by atoms with van der Waals surface area (Å²) in [7, 11) is -3.47. The molecule has 0 saturated heterocycles. The Morgan fingerprint density at radius 3 is 2.58 bits per heavy atom. The first kappa shape index (κ1) is 15.5. The number of aliphatic carboxylic acids is 1. The highest BCUT2D eigenvalue weighted by atomic mass is 32.2. The maximum atomic E-state index is 12.2. The van der Waals surface area contributed by atoms with Gasteiger partial charge in [0.15, 0.2) is 0 Å². The van der Waals surface area contributed by atoms with Crippen molar-refractivity contribution in [2.24, 2.45) is 0 Å². The summed E-state index contributed by atoms with van der Waals surface area (Å²) in [6.07, 6.45) is -0.00934. The van der Waals surface area contributed by atoms with E-state index in [9.17, 15) is 13.2 Å². The van der Waals surface area contributed by atoms with Crippen molar-refractivity contribution >= 4 is 21.7 Å². The predicted octanol–water partition coefficient (Wildman–Crippen LogP) is 2.02. The molecule has 0 spiro atoms. The summed E-state index contributed by atoms with van der Waals surface area (Å²) >= 11 is 0. The van der Waals surface area contributed by atoms with Crippen LogP contribution in [0.4, 0.5) is 5.69 Å². The van der Waals surface area contributed by atoms with Crippen molar-refractivity contribution in [3.63, 3.8) is 0 Å². The number of nitrogens with zero attached hydrogens (tertiary/aromatic N) is 1. The molecule has 0 bridgehead atoms. The fourth-order valence-corrected chi connectivity index (χ4v) is 3.40. The van der Waals surface area contributed by atoms with Gasteiger partial charge in [-0.3, -0.25) is 9.10 Å². The molecule has 0 unspecified atom stereocenters. The van der Waals surface area contributed by atoms with Gasteiger partial charge in [0.05, 0.1) is 11.4 Å². The van der Waals surface area contributed by atoms with Gasteiger partial charge in [-0.1, -0.05) is 12.1 Å². The lowest BCUT2D eigenvalue weighted by Gasteiger charge is -2.23. The van der Waals surface area contributed by atoms with Crippen LogP contribution < -0.4 is 4.31 Å². The van der Waals surface area contributed by atoms with Gasteiger partial charge in [-0.25, -0.2) is 8.42 Å². The Bertz CT molecular complexity index is 539. The Labute approximate surface area is 113 Å². The Kier molecular flexibility index (Phi) is 5.35. The predicted molar refractivity (Wildman–Crippen MR) is 74.9 cm³/mol. The normalized spacial score (nSPS) is 11.3. The molecule has 0 aliphatic heterocycles. The largest absolute Gasteiger partial charge is 0.481 e. The Morgan fingerprint density at radius 1 is 1.37 bits per heavy atom. The summed E-state index contributed by atoms with van der Waals surface area (Å²) in [4.78, 5) is 10.4. The van der Waals surface area contributed by atoms with E-state index in [1.807, 2.05) is 13.0 Å². The van der Waals surface area contributed by atoms with Crippen LogP contribution >= 0.6 is 0 Å². The topological polar surface area (TPSA) is 74.7 Å². The number of rotatable bonds is 7. The molecule has 6 heteroatoms. The quantitative estimate of drug-likeness (QED) is 0.831. The third-order valence-corrected chi connectivity index (χ3v) is 4.65. The molecule has 0 aliphatic carbocycles. The molecule has 0 heterocycles. The summed E-state index contributed by atoms with van der Waals surface area (Å²) in [5.74, 6) is -1.13. The second-order valence-electron chi connectivity index (χ2n) is 4.32. The van der Waals surface area contributed by atoms with E-state index in [4.69, 9.17) is 5.11 Å². The van der Waals surface area contributed by atoms with Crippen molar-refractivity contribution in [1.29, 1.82) is 0 Å². The molecular weight excluding hydrogens is 266 g/mol. The van der Waals surface area contributed by atoms with E-state index in [1.165, 1.54) is 4.31 Å². The molecule has 19 heavy (non-hydrogen) atoms. The van der Waals surface area contributed by atoms with E-state index in [1.54, 1.807) is 25.1 Å². The summed E-state index contributed by atoms with van der Waals surface area (Å²) in [6.45, 7) is 3.99. The van der Waals surface area contributed by atoms with Crippen molar-refractivity contribution < 1.29 is 18.3 Å². The highest BCUT2D eigenvalue weighted by Crippen LogP contribution is 2.20. The number of benzene rings is 1. The molecule has 1 aromatic rings. The van der Waals surface area contributed by atoms with E-state index in [-0.39, 0.29) is 18.6 Å². The minimum atomic E-state index is -3.47. The molecule has 0 aromatic heterocycles. The molecule has 0 atom stereocenters. The van der Waals surface area contributed by atoms with Crippen LogP contribution in [0.1, 0.15) is 25.3 Å². The molecule has 106 valence electrons. The van der Waals surface area contributed by atoms with Gasteiger partial charge < -0.3 is 5.11 Å². The van der Waals surface area contributed by atoms with Gasteiger partial charge in [0.25, 0.3) is 0 Å². The smallest absolute Gasteiger partial charge is 0.303 e. The van der Waals surface area contributed by atoms with Crippen molar-refractivity contribution in [3.8, 4) is 0 Å². The van der Waals surface area contributed by atoms with Crippen LogP contribution in [0.2, 0.25) is 0 Å². The van der Waals surface area contributed by atoms with Crippen LogP contribution in [-0.4, -0.2) is 31.8 Å². The number of anilines is 1. The number of carboxylic acids is 1. The van der Waals surface area contributed by atoms with Crippen molar-refractivity contribution in [3.05, 3.63) is 29.8 Å². The number of hydrogen-bond acceptors (Lipinski definition) is 3. The number of carbonyl (C=O) groups is 1. The van der Waals surface area contributed by atoms with Crippen molar-refractivity contribution in [2.45, 2.75) is 26.7 Å². The Morgan fingerprint density at radius 2 is 2.05 bits per heavy atom. The van der Waals surface area contributed by atoms with Crippen LogP contribution in [0, 0.1) is 6.92 Å². The summed E-state index contributed by atoms with van der Waals surface area (Å²) in [6, 6.07) is 7.25. The first-order valence-electron chi connectivity index (χ1n) is 6.15. The molecule has 0 amide bonds. The second kappa shape index (κ2) is 6.56. The van der Waals surface area contributed by atoms with Gasteiger partial charge in [0, 0.05) is 13.0 Å². The number of hydrogen-bond donors (Lipinski definition) is 1. The molecule has 0 radical (unpaired) electrons. The first-order chi connectivity index (χ1) is 8.86. The van der Waals surface area contributed by atoms with E-state index in [2.05, 4.69) is 0 Å². The number of sulfonamides is 1. The summed E-state index contributed by atoms with van der Waals surface area (Å²) < 4.78 is 25.7. The molecular formula is C13H19NO4S. The zero-order chi connectivity index (χ0) is 14.5. The third-order valence-electron chi connectivity index (χ3n) is 2.71. The lowest BCUT2D eigenvalue weighted by atomic mass is 10.2. The zero-order valence-corrected chi connectivity index (χ0v) is 12.0.